The molecule has 154 valence electrons. The molecule has 30 heavy (non-hydrogen) atoms. The van der Waals surface area contributed by atoms with Crippen LogP contribution in [0.1, 0.15) is 5.56 Å². The monoisotopic (exact) mass is 446 g/mol. The van der Waals surface area contributed by atoms with Crippen LogP contribution in [0.5, 0.6) is 5.75 Å². The molecular formula is C19H15ClN4O5S. The zero-order valence-corrected chi connectivity index (χ0v) is 16.8. The van der Waals surface area contributed by atoms with E-state index in [0.29, 0.717) is 10.6 Å². The predicted octanol–water partition coefficient (Wildman–Crippen LogP) is 4.20. The largest absolute Gasteiger partial charge is 0.508 e. The van der Waals surface area contributed by atoms with Crippen molar-refractivity contribution in [2.24, 2.45) is 5.10 Å². The van der Waals surface area contributed by atoms with Crippen LogP contribution in [0.15, 0.2) is 76.7 Å². The molecule has 0 heterocycles. The number of rotatable bonds is 7. The van der Waals surface area contributed by atoms with Crippen molar-refractivity contribution < 1.29 is 18.4 Å². The summed E-state index contributed by atoms with van der Waals surface area (Å²) in [7, 11) is -4.05. The molecule has 0 radical (unpaired) electrons. The lowest BCUT2D eigenvalue weighted by Crippen LogP contribution is -2.13. The van der Waals surface area contributed by atoms with E-state index in [-0.39, 0.29) is 22.0 Å². The molecule has 3 N–H and O–H groups in total. The van der Waals surface area contributed by atoms with Gasteiger partial charge in [-0.25, -0.2) is 8.42 Å². The molecule has 0 aliphatic heterocycles. The molecule has 11 heteroatoms. The second-order valence-electron chi connectivity index (χ2n) is 6.01. The number of phenols is 1. The van der Waals surface area contributed by atoms with Crippen LogP contribution in [0.2, 0.25) is 5.02 Å². The summed E-state index contributed by atoms with van der Waals surface area (Å²) in [6.45, 7) is 0. The van der Waals surface area contributed by atoms with E-state index >= 15 is 0 Å². The van der Waals surface area contributed by atoms with Gasteiger partial charge < -0.3 is 5.11 Å². The van der Waals surface area contributed by atoms with Crippen molar-refractivity contribution in [3.8, 4) is 5.75 Å². The Hall–Kier alpha value is -3.63. The van der Waals surface area contributed by atoms with Gasteiger partial charge in [0.15, 0.2) is 0 Å². The highest BCUT2D eigenvalue weighted by molar-refractivity contribution is 7.92. The van der Waals surface area contributed by atoms with Gasteiger partial charge in [0.25, 0.3) is 15.7 Å². The summed E-state index contributed by atoms with van der Waals surface area (Å²) in [4.78, 5) is 10.4. The van der Waals surface area contributed by atoms with Gasteiger partial charge in [0.1, 0.15) is 11.4 Å². The number of phenolic OH excluding ortho intramolecular Hbond substituents is 1. The first-order valence-corrected chi connectivity index (χ1v) is 10.3. The Kier molecular flexibility index (Phi) is 6.19. The Balaban J connectivity index is 1.82. The van der Waals surface area contributed by atoms with Gasteiger partial charge in [-0.05, 0) is 66.2 Å². The minimum absolute atomic E-state index is 0.0143. The molecule has 0 aliphatic rings. The maximum absolute atomic E-state index is 12.6. The summed E-state index contributed by atoms with van der Waals surface area (Å²) in [6, 6.07) is 15.5. The summed E-state index contributed by atoms with van der Waals surface area (Å²) >= 11 is 5.78. The third kappa shape index (κ3) is 5.25. The number of hydrogen-bond donors (Lipinski definition) is 3. The fraction of sp³-hybridized carbons (Fsp3) is 0. The molecule has 0 aromatic heterocycles. The van der Waals surface area contributed by atoms with Crippen molar-refractivity contribution in [3.05, 3.63) is 87.4 Å². The van der Waals surface area contributed by atoms with Crippen LogP contribution in [-0.4, -0.2) is 24.7 Å². The molecule has 0 saturated carbocycles. The molecule has 9 nitrogen and oxygen atoms in total. The van der Waals surface area contributed by atoms with Gasteiger partial charge in [-0.15, -0.1) is 0 Å². The zero-order valence-electron chi connectivity index (χ0n) is 15.2. The van der Waals surface area contributed by atoms with Crippen molar-refractivity contribution >= 4 is 44.9 Å². The summed E-state index contributed by atoms with van der Waals surface area (Å²) in [5.41, 5.74) is 2.99. The van der Waals surface area contributed by atoms with Crippen LogP contribution < -0.4 is 10.1 Å². The summed E-state index contributed by atoms with van der Waals surface area (Å²) in [5, 5.41) is 25.0. The first-order valence-electron chi connectivity index (χ1n) is 8.39. The van der Waals surface area contributed by atoms with Gasteiger partial charge in [0.2, 0.25) is 0 Å². The normalized spacial score (nSPS) is 11.4. The van der Waals surface area contributed by atoms with Gasteiger partial charge in [-0.1, -0.05) is 11.6 Å². The second kappa shape index (κ2) is 8.80. The number of nitro benzene ring substituents is 1. The molecule has 0 spiro atoms. The lowest BCUT2D eigenvalue weighted by atomic mass is 10.2. The van der Waals surface area contributed by atoms with Crippen LogP contribution in [0.3, 0.4) is 0 Å². The highest BCUT2D eigenvalue weighted by Gasteiger charge is 2.21. The van der Waals surface area contributed by atoms with Crippen LogP contribution >= 0.6 is 11.6 Å². The fourth-order valence-corrected chi connectivity index (χ4v) is 3.60. The van der Waals surface area contributed by atoms with Crippen molar-refractivity contribution in [2.75, 3.05) is 10.1 Å². The van der Waals surface area contributed by atoms with E-state index in [9.17, 15) is 23.6 Å². The average Bonchev–Trinajstić information content (AvgIpc) is 2.71. The number of hydrazone groups is 1. The number of nitrogens with zero attached hydrogens (tertiary/aromatic N) is 2. The van der Waals surface area contributed by atoms with E-state index in [1.165, 1.54) is 54.7 Å². The van der Waals surface area contributed by atoms with E-state index in [1.54, 1.807) is 12.1 Å². The number of halogens is 1. The summed E-state index contributed by atoms with van der Waals surface area (Å²) in [5.74, 6) is 0.0970. The van der Waals surface area contributed by atoms with Gasteiger partial charge >= 0.3 is 0 Å². The van der Waals surface area contributed by atoms with E-state index < -0.39 is 20.6 Å². The highest BCUT2D eigenvalue weighted by Crippen LogP contribution is 2.28. The summed E-state index contributed by atoms with van der Waals surface area (Å²) < 4.78 is 27.5. The SMILES string of the molecule is O=[N+]([O-])c1cc(S(=O)(=O)Nc2ccc(Cl)cc2)ccc1N/N=C/c1ccc(O)cc1. The number of aromatic hydroxyl groups is 1. The fourth-order valence-electron chi connectivity index (χ4n) is 2.39. The number of hydrogen-bond acceptors (Lipinski definition) is 7. The molecule has 0 amide bonds. The molecule has 0 fully saturated rings. The number of anilines is 2. The molecule has 3 rings (SSSR count). The highest BCUT2D eigenvalue weighted by atomic mass is 35.5. The Morgan fingerprint density at radius 2 is 1.70 bits per heavy atom. The average molecular weight is 447 g/mol. The Bertz CT molecular complexity index is 1200. The lowest BCUT2D eigenvalue weighted by molar-refractivity contribution is -0.384. The zero-order chi connectivity index (χ0) is 21.7. The smallest absolute Gasteiger partial charge is 0.295 e. The Labute approximate surface area is 176 Å². The standard InChI is InChI=1S/C19H15ClN4O5S/c20-14-3-5-15(6-4-14)23-30(28,29)17-9-10-18(19(11-17)24(26)27)22-21-12-13-1-7-16(25)8-2-13/h1-12,22-23,25H/b21-12+. The minimum Gasteiger partial charge on any atom is -0.508 e. The van der Waals surface area contributed by atoms with E-state index in [2.05, 4.69) is 15.2 Å². The van der Waals surface area contributed by atoms with E-state index in [4.69, 9.17) is 11.6 Å². The number of nitrogens with one attached hydrogen (secondary N) is 2. The molecule has 3 aromatic carbocycles. The van der Waals surface area contributed by atoms with Crippen LogP contribution in [0, 0.1) is 10.1 Å². The van der Waals surface area contributed by atoms with E-state index in [1.807, 2.05) is 0 Å². The predicted molar refractivity (Wildman–Crippen MR) is 115 cm³/mol. The van der Waals surface area contributed by atoms with Crippen molar-refractivity contribution in [2.45, 2.75) is 4.90 Å². The topological polar surface area (TPSA) is 134 Å². The van der Waals surface area contributed by atoms with Crippen LogP contribution in [0.25, 0.3) is 0 Å². The minimum atomic E-state index is -4.05. The number of sulfonamides is 1. The maximum Gasteiger partial charge on any atom is 0.295 e. The third-order valence-corrected chi connectivity index (χ3v) is 5.50. The van der Waals surface area contributed by atoms with Crippen LogP contribution in [0.4, 0.5) is 17.1 Å². The first-order chi connectivity index (χ1) is 14.2. The van der Waals surface area contributed by atoms with Gasteiger partial charge in [-0.2, -0.15) is 5.10 Å². The van der Waals surface area contributed by atoms with Gasteiger partial charge in [-0.3, -0.25) is 20.3 Å². The Morgan fingerprint density at radius 1 is 1.03 bits per heavy atom. The van der Waals surface area contributed by atoms with Crippen molar-refractivity contribution in [3.63, 3.8) is 0 Å². The summed E-state index contributed by atoms with van der Waals surface area (Å²) in [6.07, 6.45) is 1.40. The second-order valence-corrected chi connectivity index (χ2v) is 8.13. The number of benzene rings is 3. The number of nitro groups is 1. The van der Waals surface area contributed by atoms with Gasteiger partial charge in [0.05, 0.1) is 16.0 Å². The van der Waals surface area contributed by atoms with Crippen LogP contribution in [-0.2, 0) is 10.0 Å². The van der Waals surface area contributed by atoms with Crippen molar-refractivity contribution in [1.82, 2.24) is 0 Å². The maximum atomic E-state index is 12.6. The van der Waals surface area contributed by atoms with E-state index in [0.717, 1.165) is 6.07 Å². The molecule has 0 atom stereocenters. The molecular weight excluding hydrogens is 432 g/mol. The Morgan fingerprint density at radius 3 is 2.33 bits per heavy atom. The lowest BCUT2D eigenvalue weighted by Gasteiger charge is -2.09. The molecule has 0 saturated heterocycles. The molecule has 0 bridgehead atoms. The molecule has 3 aromatic rings. The van der Waals surface area contributed by atoms with Gasteiger partial charge in [0, 0.05) is 16.8 Å². The molecule has 0 unspecified atom stereocenters. The first kappa shape index (κ1) is 21.1. The van der Waals surface area contributed by atoms with Crippen molar-refractivity contribution in [1.29, 1.82) is 0 Å². The quantitative estimate of drug-likeness (QED) is 0.283. The third-order valence-electron chi connectivity index (χ3n) is 3.86. The molecule has 0 aliphatic carbocycles.